The first kappa shape index (κ1) is 33.0. The summed E-state index contributed by atoms with van der Waals surface area (Å²) in [5.41, 5.74) is -2.15. The summed E-state index contributed by atoms with van der Waals surface area (Å²) in [5, 5.41) is 9.45. The number of halogens is 1. The Bertz CT molecular complexity index is 647. The molecule has 2 fully saturated rings. The SMILES string of the molecule is C#CC1(O)CN(C(=O)OC(C)(C)C)C1.CC(C)(C)OC(=O)N1CC(=O)C1.[C-]#C.[Cl-].[Mg+2]. The minimum absolute atomic E-state index is 0. The van der Waals surface area contributed by atoms with Crippen LogP contribution in [-0.2, 0) is 14.3 Å². The van der Waals surface area contributed by atoms with Crippen LogP contribution in [0.2, 0.25) is 0 Å². The number of hydrogen-bond donors (Lipinski definition) is 1. The molecule has 30 heavy (non-hydrogen) atoms. The van der Waals surface area contributed by atoms with Crippen LogP contribution < -0.4 is 12.4 Å². The van der Waals surface area contributed by atoms with Crippen molar-refractivity contribution in [3.63, 3.8) is 0 Å². The van der Waals surface area contributed by atoms with Crippen molar-refractivity contribution in [2.45, 2.75) is 58.3 Å². The molecule has 164 valence electrons. The van der Waals surface area contributed by atoms with E-state index in [0.29, 0.717) is 0 Å². The smallest absolute Gasteiger partial charge is 1.00 e. The van der Waals surface area contributed by atoms with Crippen molar-refractivity contribution >= 4 is 41.0 Å². The van der Waals surface area contributed by atoms with Gasteiger partial charge in [0.25, 0.3) is 0 Å². The van der Waals surface area contributed by atoms with Crippen LogP contribution in [0.25, 0.3) is 0 Å². The second-order valence-electron chi connectivity index (χ2n) is 8.39. The maximum atomic E-state index is 11.4. The molecule has 2 aliphatic rings. The minimum Gasteiger partial charge on any atom is -1.00 e. The Balaban J connectivity index is -0.000000426. The first-order valence-electron chi connectivity index (χ1n) is 8.61. The van der Waals surface area contributed by atoms with Crippen LogP contribution in [0.15, 0.2) is 0 Å². The van der Waals surface area contributed by atoms with Crippen LogP contribution in [0.5, 0.6) is 0 Å². The normalized spacial score (nSPS) is 16.1. The van der Waals surface area contributed by atoms with Gasteiger partial charge in [0.1, 0.15) is 11.2 Å². The quantitative estimate of drug-likeness (QED) is 0.265. The third-order valence-corrected chi connectivity index (χ3v) is 3.21. The maximum Gasteiger partial charge on any atom is 2.00 e. The molecule has 0 atom stereocenters. The average molecular weight is 453 g/mol. The van der Waals surface area contributed by atoms with E-state index in [1.54, 1.807) is 41.5 Å². The van der Waals surface area contributed by atoms with Crippen LogP contribution in [0.4, 0.5) is 9.59 Å². The third kappa shape index (κ3) is 12.1. The maximum absolute atomic E-state index is 11.4. The van der Waals surface area contributed by atoms with Crippen molar-refractivity contribution in [2.24, 2.45) is 0 Å². The van der Waals surface area contributed by atoms with Crippen LogP contribution in [-0.4, -0.2) is 98.9 Å². The number of Topliss-reactive ketones (excluding diaryl/α,β-unsaturated/α-hetero) is 1. The topological polar surface area (TPSA) is 96.4 Å². The van der Waals surface area contributed by atoms with Gasteiger partial charge in [0.2, 0.25) is 0 Å². The van der Waals surface area contributed by atoms with E-state index in [1.165, 1.54) is 9.80 Å². The molecule has 8 nitrogen and oxygen atoms in total. The number of terminal acetylenes is 2. The Hall–Kier alpha value is -1.65. The fraction of sp³-hybridized carbons (Fsp3) is 0.650. The van der Waals surface area contributed by atoms with E-state index in [1.807, 2.05) is 0 Å². The van der Waals surface area contributed by atoms with Crippen LogP contribution >= 0.6 is 0 Å². The monoisotopic (exact) mass is 452 g/mol. The molecule has 0 bridgehead atoms. The van der Waals surface area contributed by atoms with E-state index in [-0.39, 0.29) is 67.4 Å². The molecule has 1 N–H and O–H groups in total. The molecule has 2 saturated heterocycles. The molecule has 10 heteroatoms. The molecule has 0 radical (unpaired) electrons. The molecule has 0 saturated carbocycles. The summed E-state index contributed by atoms with van der Waals surface area (Å²) >= 11 is 0. The number of aliphatic hydroxyl groups is 1. The zero-order valence-corrected chi connectivity index (χ0v) is 20.6. The Morgan fingerprint density at radius 1 is 1.00 bits per heavy atom. The molecule has 0 aromatic heterocycles. The van der Waals surface area contributed by atoms with Gasteiger partial charge < -0.3 is 44.7 Å². The minimum atomic E-state index is -1.16. The number of amides is 2. The fourth-order valence-electron chi connectivity index (χ4n) is 1.97. The second kappa shape index (κ2) is 12.9. The van der Waals surface area contributed by atoms with Crippen LogP contribution in [0.1, 0.15) is 41.5 Å². The summed E-state index contributed by atoms with van der Waals surface area (Å²) in [6, 6.07) is 0. The number of hydrogen-bond acceptors (Lipinski definition) is 6. The number of likely N-dealkylation sites (tertiary alicyclic amines) is 2. The van der Waals surface area contributed by atoms with E-state index in [2.05, 4.69) is 12.3 Å². The standard InChI is InChI=1S/C10H15NO3.C8H13NO3.C2H.ClH.Mg/c1-5-10(13)6-11(7-10)8(12)14-9(2,3)4;1-8(2,3)12-7(11)9-4-6(10)5-9;1-2;;/h1,13H,6-7H2,2-4H3;4-5H2,1-3H3;1H;1H;/q;;-1;;+2/p-1. The van der Waals surface area contributed by atoms with E-state index in [9.17, 15) is 19.5 Å². The number of nitrogens with zero attached hydrogens (tertiary/aromatic N) is 2. The summed E-state index contributed by atoms with van der Waals surface area (Å²) in [7, 11) is 0. The van der Waals surface area contributed by atoms with E-state index in [4.69, 9.17) is 22.3 Å². The number of ether oxygens (including phenoxy) is 2. The van der Waals surface area contributed by atoms with Crippen molar-refractivity contribution in [1.82, 2.24) is 9.80 Å². The number of carbonyl (C=O) groups is 3. The molecule has 0 aromatic rings. The predicted molar refractivity (Wildman–Crippen MR) is 108 cm³/mol. The van der Waals surface area contributed by atoms with E-state index in [0.717, 1.165) is 0 Å². The molecule has 2 rings (SSSR count). The number of ketones is 1. The molecular weight excluding hydrogens is 424 g/mol. The van der Waals surface area contributed by atoms with Gasteiger partial charge in [-0.15, -0.1) is 6.42 Å². The van der Waals surface area contributed by atoms with Crippen molar-refractivity contribution < 1.29 is 41.4 Å². The first-order valence-corrected chi connectivity index (χ1v) is 8.61. The molecular formula is C20H29ClMgN2O6. The zero-order valence-electron chi connectivity index (χ0n) is 18.5. The van der Waals surface area contributed by atoms with Gasteiger partial charge in [-0.3, -0.25) is 9.69 Å². The third-order valence-electron chi connectivity index (χ3n) is 3.21. The van der Waals surface area contributed by atoms with Gasteiger partial charge in [-0.1, -0.05) is 5.92 Å². The number of carbonyl (C=O) groups excluding carboxylic acids is 3. The molecule has 2 amide bonds. The van der Waals surface area contributed by atoms with Gasteiger partial charge in [-0.2, -0.15) is 0 Å². The van der Waals surface area contributed by atoms with Gasteiger partial charge in [0, 0.05) is 0 Å². The Morgan fingerprint density at radius 3 is 1.60 bits per heavy atom. The van der Waals surface area contributed by atoms with Gasteiger partial charge in [0.05, 0.1) is 26.2 Å². The molecule has 2 aliphatic heterocycles. The summed E-state index contributed by atoms with van der Waals surface area (Å²) in [4.78, 5) is 35.8. The van der Waals surface area contributed by atoms with Crippen molar-refractivity contribution in [2.75, 3.05) is 26.2 Å². The van der Waals surface area contributed by atoms with Crippen molar-refractivity contribution in [3.05, 3.63) is 6.42 Å². The average Bonchev–Trinajstić information content (AvgIpc) is 2.48. The molecule has 0 spiro atoms. The second-order valence-corrected chi connectivity index (χ2v) is 8.39. The first-order chi connectivity index (χ1) is 12.6. The molecule has 0 unspecified atom stereocenters. The van der Waals surface area contributed by atoms with Gasteiger partial charge in [-0.05, 0) is 41.5 Å². The van der Waals surface area contributed by atoms with E-state index >= 15 is 0 Å². The largest absolute Gasteiger partial charge is 2.00 e. The zero-order chi connectivity index (χ0) is 22.3. The summed E-state index contributed by atoms with van der Waals surface area (Å²) < 4.78 is 10.1. The molecule has 2 heterocycles. The van der Waals surface area contributed by atoms with Gasteiger partial charge in [-0.25, -0.2) is 9.59 Å². The summed E-state index contributed by atoms with van der Waals surface area (Å²) in [5.74, 6) is 2.32. The Labute approximate surface area is 201 Å². The number of rotatable bonds is 0. The van der Waals surface area contributed by atoms with Crippen LogP contribution in [0, 0.1) is 25.2 Å². The molecule has 0 aliphatic carbocycles. The summed E-state index contributed by atoms with van der Waals surface area (Å²) in [6.07, 6.45) is 13.2. The van der Waals surface area contributed by atoms with Gasteiger partial charge in [0.15, 0.2) is 11.4 Å². The van der Waals surface area contributed by atoms with Crippen LogP contribution in [0.3, 0.4) is 0 Å². The fourth-order valence-corrected chi connectivity index (χ4v) is 1.97. The Kier molecular flexibility index (Phi) is 14.2. The van der Waals surface area contributed by atoms with E-state index < -0.39 is 29.0 Å². The molecule has 0 aromatic carbocycles. The predicted octanol–water partition coefficient (Wildman–Crippen LogP) is -1.76. The van der Waals surface area contributed by atoms with Crippen molar-refractivity contribution in [1.29, 1.82) is 0 Å². The summed E-state index contributed by atoms with van der Waals surface area (Å²) in [6.45, 7) is 11.5. The Morgan fingerprint density at radius 2 is 1.33 bits per heavy atom. The number of β-amino-alcohol motifs (C(OH)–C–C–N with tert-alkyl or cyclic N) is 1. The van der Waals surface area contributed by atoms with Crippen molar-refractivity contribution in [3.8, 4) is 18.8 Å². The van der Waals surface area contributed by atoms with Gasteiger partial charge >= 0.3 is 35.2 Å².